The number of carbonyl (C=O) groups is 1. The number of fused-ring (bicyclic) bond motifs is 1. The van der Waals surface area contributed by atoms with Gasteiger partial charge in [0.2, 0.25) is 5.91 Å². The molecule has 0 atom stereocenters. The minimum atomic E-state index is -0.0305. The first-order valence-electron chi connectivity index (χ1n) is 6.92. The normalized spacial score (nSPS) is 10.5. The van der Waals surface area contributed by atoms with Gasteiger partial charge in [0.15, 0.2) is 0 Å². The van der Waals surface area contributed by atoms with E-state index in [9.17, 15) is 4.79 Å². The van der Waals surface area contributed by atoms with E-state index < -0.39 is 0 Å². The number of aryl methyl sites for hydroxylation is 1. The Kier molecular flexibility index (Phi) is 3.65. The van der Waals surface area contributed by atoms with Crippen LogP contribution < -0.4 is 5.32 Å². The number of nitrogens with zero attached hydrogens (tertiary/aromatic N) is 1. The van der Waals surface area contributed by atoms with Crippen molar-refractivity contribution in [3.63, 3.8) is 0 Å². The van der Waals surface area contributed by atoms with E-state index in [4.69, 9.17) is 0 Å². The van der Waals surface area contributed by atoms with Crippen LogP contribution in [-0.4, -0.2) is 10.9 Å². The van der Waals surface area contributed by atoms with Gasteiger partial charge in [-0.1, -0.05) is 48.5 Å². The summed E-state index contributed by atoms with van der Waals surface area (Å²) in [4.78, 5) is 16.7. The van der Waals surface area contributed by atoms with Gasteiger partial charge < -0.3 is 5.32 Å². The predicted molar refractivity (Wildman–Crippen MR) is 85.3 cm³/mol. The fraction of sp³-hybridized carbons (Fsp3) is 0.111. The van der Waals surface area contributed by atoms with Crippen LogP contribution in [0.3, 0.4) is 0 Å². The molecule has 0 bridgehead atoms. The van der Waals surface area contributed by atoms with Gasteiger partial charge in [-0.25, -0.2) is 0 Å². The summed E-state index contributed by atoms with van der Waals surface area (Å²) in [5, 5.41) is 3.99. The Morgan fingerprint density at radius 1 is 1.00 bits per heavy atom. The van der Waals surface area contributed by atoms with Crippen LogP contribution >= 0.6 is 0 Å². The standard InChI is InChI=1S/C18H16N2O/c1-13-10-11-15-8-5-9-16(18(15)19-13)20-17(21)12-14-6-3-2-4-7-14/h2-11H,12H2,1H3,(H,20,21). The van der Waals surface area contributed by atoms with Crippen LogP contribution in [0.4, 0.5) is 5.69 Å². The predicted octanol–water partition coefficient (Wildman–Crippen LogP) is 3.72. The number of rotatable bonds is 3. The van der Waals surface area contributed by atoms with Crippen LogP contribution in [0.5, 0.6) is 0 Å². The molecule has 3 aromatic rings. The zero-order valence-electron chi connectivity index (χ0n) is 11.8. The van der Waals surface area contributed by atoms with Crippen molar-refractivity contribution in [2.75, 3.05) is 5.32 Å². The van der Waals surface area contributed by atoms with Gasteiger partial charge in [0, 0.05) is 11.1 Å². The third kappa shape index (κ3) is 3.08. The van der Waals surface area contributed by atoms with E-state index in [1.807, 2.05) is 67.6 Å². The van der Waals surface area contributed by atoms with Crippen molar-refractivity contribution in [2.45, 2.75) is 13.3 Å². The van der Waals surface area contributed by atoms with E-state index in [0.29, 0.717) is 6.42 Å². The van der Waals surface area contributed by atoms with Gasteiger partial charge in [-0.2, -0.15) is 0 Å². The molecule has 0 saturated carbocycles. The molecule has 0 spiro atoms. The number of hydrogen-bond donors (Lipinski definition) is 1. The third-order valence-corrected chi connectivity index (χ3v) is 3.34. The molecule has 2 aromatic carbocycles. The maximum absolute atomic E-state index is 12.2. The molecule has 0 radical (unpaired) electrons. The average Bonchev–Trinajstić information content (AvgIpc) is 2.49. The molecule has 0 aliphatic rings. The summed E-state index contributed by atoms with van der Waals surface area (Å²) in [6.07, 6.45) is 0.364. The molecule has 0 aliphatic heterocycles. The number of benzene rings is 2. The second-order valence-electron chi connectivity index (χ2n) is 5.04. The van der Waals surface area contributed by atoms with Gasteiger partial charge >= 0.3 is 0 Å². The Morgan fingerprint density at radius 2 is 1.81 bits per heavy atom. The summed E-state index contributed by atoms with van der Waals surface area (Å²) in [6.45, 7) is 1.95. The first kappa shape index (κ1) is 13.3. The second kappa shape index (κ2) is 5.75. The Bertz CT molecular complexity index is 782. The summed E-state index contributed by atoms with van der Waals surface area (Å²) in [6, 6.07) is 19.5. The van der Waals surface area contributed by atoms with E-state index in [1.165, 1.54) is 0 Å². The molecule has 0 saturated heterocycles. The highest BCUT2D eigenvalue weighted by molar-refractivity contribution is 6.00. The minimum absolute atomic E-state index is 0.0305. The SMILES string of the molecule is Cc1ccc2cccc(NC(=O)Cc3ccccc3)c2n1. The monoisotopic (exact) mass is 276 g/mol. The fourth-order valence-corrected chi connectivity index (χ4v) is 2.32. The summed E-state index contributed by atoms with van der Waals surface area (Å²) < 4.78 is 0. The molecule has 3 rings (SSSR count). The highest BCUT2D eigenvalue weighted by atomic mass is 16.1. The summed E-state index contributed by atoms with van der Waals surface area (Å²) in [7, 11) is 0. The largest absolute Gasteiger partial charge is 0.324 e. The van der Waals surface area contributed by atoms with E-state index >= 15 is 0 Å². The molecule has 3 nitrogen and oxygen atoms in total. The van der Waals surface area contributed by atoms with Crippen LogP contribution in [0.15, 0.2) is 60.7 Å². The molecule has 1 aromatic heterocycles. The number of anilines is 1. The Labute approximate surface area is 123 Å². The number of carbonyl (C=O) groups excluding carboxylic acids is 1. The van der Waals surface area contributed by atoms with Gasteiger partial charge in [-0.3, -0.25) is 9.78 Å². The number of nitrogens with one attached hydrogen (secondary N) is 1. The zero-order chi connectivity index (χ0) is 14.7. The zero-order valence-corrected chi connectivity index (χ0v) is 11.8. The molecule has 3 heteroatoms. The van der Waals surface area contributed by atoms with Crippen molar-refractivity contribution in [1.29, 1.82) is 0 Å². The van der Waals surface area contributed by atoms with Crippen molar-refractivity contribution < 1.29 is 4.79 Å². The maximum Gasteiger partial charge on any atom is 0.228 e. The van der Waals surface area contributed by atoms with Crippen molar-refractivity contribution in [3.8, 4) is 0 Å². The van der Waals surface area contributed by atoms with Crippen LogP contribution in [0.25, 0.3) is 10.9 Å². The molecule has 0 unspecified atom stereocenters. The highest BCUT2D eigenvalue weighted by Gasteiger charge is 2.07. The number of amides is 1. The smallest absolute Gasteiger partial charge is 0.228 e. The van der Waals surface area contributed by atoms with Crippen molar-refractivity contribution in [1.82, 2.24) is 4.98 Å². The van der Waals surface area contributed by atoms with Gasteiger partial charge in [-0.15, -0.1) is 0 Å². The quantitative estimate of drug-likeness (QED) is 0.792. The molecule has 1 heterocycles. The number of hydrogen-bond acceptors (Lipinski definition) is 2. The van der Waals surface area contributed by atoms with Gasteiger partial charge in [0.25, 0.3) is 0 Å². The Morgan fingerprint density at radius 3 is 2.62 bits per heavy atom. The topological polar surface area (TPSA) is 42.0 Å². The van der Waals surface area contributed by atoms with E-state index in [1.54, 1.807) is 0 Å². The van der Waals surface area contributed by atoms with Gasteiger partial charge in [0.05, 0.1) is 17.6 Å². The molecule has 21 heavy (non-hydrogen) atoms. The van der Waals surface area contributed by atoms with Crippen LogP contribution in [-0.2, 0) is 11.2 Å². The van der Waals surface area contributed by atoms with E-state index in [2.05, 4.69) is 10.3 Å². The number of para-hydroxylation sites is 1. The van der Waals surface area contributed by atoms with Crippen molar-refractivity contribution in [2.24, 2.45) is 0 Å². The molecular formula is C18H16N2O. The lowest BCUT2D eigenvalue weighted by Gasteiger charge is -2.08. The lowest BCUT2D eigenvalue weighted by molar-refractivity contribution is -0.115. The average molecular weight is 276 g/mol. The van der Waals surface area contributed by atoms with Crippen LogP contribution in [0.1, 0.15) is 11.3 Å². The number of aromatic nitrogens is 1. The van der Waals surface area contributed by atoms with Crippen LogP contribution in [0.2, 0.25) is 0 Å². The molecule has 1 amide bonds. The summed E-state index contributed by atoms with van der Waals surface area (Å²) in [5.41, 5.74) is 3.53. The summed E-state index contributed by atoms with van der Waals surface area (Å²) in [5.74, 6) is -0.0305. The Balaban J connectivity index is 1.84. The summed E-state index contributed by atoms with van der Waals surface area (Å²) >= 11 is 0. The number of pyridine rings is 1. The lowest BCUT2D eigenvalue weighted by atomic mass is 10.1. The molecule has 104 valence electrons. The molecule has 1 N–H and O–H groups in total. The molecule has 0 aliphatic carbocycles. The van der Waals surface area contributed by atoms with Crippen molar-refractivity contribution in [3.05, 3.63) is 71.9 Å². The third-order valence-electron chi connectivity index (χ3n) is 3.34. The fourth-order valence-electron chi connectivity index (χ4n) is 2.32. The first-order chi connectivity index (χ1) is 10.2. The molecule has 0 fully saturated rings. The minimum Gasteiger partial charge on any atom is -0.324 e. The second-order valence-corrected chi connectivity index (χ2v) is 5.04. The molecular weight excluding hydrogens is 260 g/mol. The Hall–Kier alpha value is -2.68. The van der Waals surface area contributed by atoms with Gasteiger partial charge in [-0.05, 0) is 24.6 Å². The first-order valence-corrected chi connectivity index (χ1v) is 6.92. The maximum atomic E-state index is 12.2. The lowest BCUT2D eigenvalue weighted by Crippen LogP contribution is -2.14. The van der Waals surface area contributed by atoms with Crippen molar-refractivity contribution >= 4 is 22.5 Å². The van der Waals surface area contributed by atoms with Gasteiger partial charge in [0.1, 0.15) is 0 Å². The highest BCUT2D eigenvalue weighted by Crippen LogP contribution is 2.21. The van der Waals surface area contributed by atoms with E-state index in [-0.39, 0.29) is 5.91 Å². The van der Waals surface area contributed by atoms with E-state index in [0.717, 1.165) is 27.8 Å². The van der Waals surface area contributed by atoms with Crippen LogP contribution in [0, 0.1) is 6.92 Å².